The minimum absolute atomic E-state index is 0.0253. The maximum Gasteiger partial charge on any atom is 0.263 e. The highest BCUT2D eigenvalue weighted by Crippen LogP contribution is 2.22. The lowest BCUT2D eigenvalue weighted by Gasteiger charge is -2.07. The van der Waals surface area contributed by atoms with Gasteiger partial charge in [-0.3, -0.25) is 4.72 Å². The van der Waals surface area contributed by atoms with E-state index >= 15 is 0 Å². The minimum Gasteiger partial charge on any atom is -0.508 e. The molecule has 2 aromatic rings. The van der Waals surface area contributed by atoms with Crippen molar-refractivity contribution in [3.8, 4) is 5.75 Å². The molecule has 0 unspecified atom stereocenters. The monoisotopic (exact) mass is 271 g/mol. The summed E-state index contributed by atoms with van der Waals surface area (Å²) in [5.74, 6) is 0.0253. The van der Waals surface area contributed by atoms with Crippen molar-refractivity contribution >= 4 is 26.5 Å². The summed E-state index contributed by atoms with van der Waals surface area (Å²) in [5, 5.41) is 16.6. The number of phenols is 1. The highest BCUT2D eigenvalue weighted by molar-refractivity contribution is 7.93. The highest BCUT2D eigenvalue weighted by atomic mass is 32.2. The average molecular weight is 271 g/mol. The van der Waals surface area contributed by atoms with Gasteiger partial charge in [-0.2, -0.15) is 0 Å². The van der Waals surface area contributed by atoms with Crippen LogP contribution in [0.2, 0.25) is 0 Å². The summed E-state index contributed by atoms with van der Waals surface area (Å²) in [6.45, 7) is 1.61. The Morgan fingerprint density at radius 1 is 1.41 bits per heavy atom. The molecule has 0 bridgehead atoms. The third kappa shape index (κ3) is 2.53. The number of aromatic hydroxyl groups is 1. The van der Waals surface area contributed by atoms with Gasteiger partial charge < -0.3 is 5.11 Å². The Balaban J connectivity index is 2.38. The van der Waals surface area contributed by atoms with Gasteiger partial charge in [0.15, 0.2) is 0 Å². The van der Waals surface area contributed by atoms with Crippen molar-refractivity contribution in [1.82, 2.24) is 10.2 Å². The standard InChI is InChI=1S/C9H9N3O3S2/c1-6-4-7(13)2-3-8(6)17(14,15)12-9-11-10-5-16-9/h2-5,13H,1H3,(H,11,12). The van der Waals surface area contributed by atoms with Crippen LogP contribution in [-0.4, -0.2) is 23.7 Å². The topological polar surface area (TPSA) is 92.2 Å². The second-order valence-electron chi connectivity index (χ2n) is 3.30. The quantitative estimate of drug-likeness (QED) is 0.879. The van der Waals surface area contributed by atoms with Crippen LogP contribution in [0.3, 0.4) is 0 Å². The summed E-state index contributed by atoms with van der Waals surface area (Å²) in [7, 11) is -3.68. The number of nitrogens with zero attached hydrogens (tertiary/aromatic N) is 2. The van der Waals surface area contributed by atoms with Crippen LogP contribution in [0.5, 0.6) is 5.75 Å². The van der Waals surface area contributed by atoms with Gasteiger partial charge >= 0.3 is 0 Å². The molecule has 0 fully saturated rings. The second-order valence-corrected chi connectivity index (χ2v) is 5.78. The van der Waals surface area contributed by atoms with Crippen LogP contribution in [0.25, 0.3) is 0 Å². The van der Waals surface area contributed by atoms with E-state index in [-0.39, 0.29) is 15.8 Å². The lowest BCUT2D eigenvalue weighted by atomic mass is 10.2. The van der Waals surface area contributed by atoms with E-state index in [9.17, 15) is 13.5 Å². The summed E-state index contributed by atoms with van der Waals surface area (Å²) >= 11 is 1.09. The first-order valence-electron chi connectivity index (χ1n) is 4.57. The lowest BCUT2D eigenvalue weighted by molar-refractivity contribution is 0.474. The maximum atomic E-state index is 12.0. The SMILES string of the molecule is Cc1cc(O)ccc1S(=O)(=O)Nc1nncs1. The van der Waals surface area contributed by atoms with Gasteiger partial charge in [0.25, 0.3) is 10.0 Å². The number of hydrogen-bond donors (Lipinski definition) is 2. The van der Waals surface area contributed by atoms with Gasteiger partial charge in [-0.1, -0.05) is 11.3 Å². The third-order valence-electron chi connectivity index (χ3n) is 2.03. The van der Waals surface area contributed by atoms with E-state index in [0.717, 1.165) is 11.3 Å². The van der Waals surface area contributed by atoms with Gasteiger partial charge in [0, 0.05) is 0 Å². The Bertz CT molecular complexity index is 623. The zero-order chi connectivity index (χ0) is 12.5. The first-order valence-corrected chi connectivity index (χ1v) is 6.94. The van der Waals surface area contributed by atoms with Crippen molar-refractivity contribution in [1.29, 1.82) is 0 Å². The zero-order valence-electron chi connectivity index (χ0n) is 8.78. The number of aryl methyl sites for hydroxylation is 1. The fraction of sp³-hybridized carbons (Fsp3) is 0.111. The van der Waals surface area contributed by atoms with Gasteiger partial charge in [0.05, 0.1) is 4.90 Å². The molecule has 0 amide bonds. The average Bonchev–Trinajstić information content (AvgIpc) is 2.68. The largest absolute Gasteiger partial charge is 0.508 e. The van der Waals surface area contributed by atoms with Gasteiger partial charge in [0.1, 0.15) is 11.3 Å². The van der Waals surface area contributed by atoms with Crippen LogP contribution in [-0.2, 0) is 10.0 Å². The first-order chi connectivity index (χ1) is 7.99. The number of benzene rings is 1. The molecule has 8 heteroatoms. The van der Waals surface area contributed by atoms with Crippen LogP contribution in [0.4, 0.5) is 5.13 Å². The van der Waals surface area contributed by atoms with Gasteiger partial charge in [-0.15, -0.1) is 10.2 Å². The summed E-state index contributed by atoms with van der Waals surface area (Å²) in [5.41, 5.74) is 1.89. The lowest BCUT2D eigenvalue weighted by Crippen LogP contribution is -2.14. The van der Waals surface area contributed by atoms with Crippen LogP contribution in [0.15, 0.2) is 28.6 Å². The summed E-state index contributed by atoms with van der Waals surface area (Å²) in [6.07, 6.45) is 0. The fourth-order valence-corrected chi connectivity index (χ4v) is 3.24. The molecule has 0 saturated carbocycles. The van der Waals surface area contributed by atoms with Crippen molar-refractivity contribution in [2.75, 3.05) is 4.72 Å². The van der Waals surface area contributed by atoms with E-state index in [4.69, 9.17) is 0 Å². The molecule has 0 spiro atoms. The normalized spacial score (nSPS) is 11.4. The van der Waals surface area contributed by atoms with Gasteiger partial charge in [0.2, 0.25) is 5.13 Å². The predicted octanol–water partition coefficient (Wildman–Crippen LogP) is 1.35. The molecule has 0 aliphatic carbocycles. The van der Waals surface area contributed by atoms with E-state index in [0.29, 0.717) is 5.56 Å². The van der Waals surface area contributed by atoms with Gasteiger partial charge in [-0.05, 0) is 30.7 Å². The molecule has 0 aliphatic rings. The van der Waals surface area contributed by atoms with Crippen LogP contribution in [0.1, 0.15) is 5.56 Å². The molecule has 17 heavy (non-hydrogen) atoms. The van der Waals surface area contributed by atoms with Crippen LogP contribution >= 0.6 is 11.3 Å². The number of nitrogens with one attached hydrogen (secondary N) is 1. The Hall–Kier alpha value is -1.67. The number of rotatable bonds is 3. The predicted molar refractivity (Wildman–Crippen MR) is 63.6 cm³/mol. The number of aromatic nitrogens is 2. The molecule has 1 aromatic heterocycles. The number of hydrogen-bond acceptors (Lipinski definition) is 6. The van der Waals surface area contributed by atoms with Crippen molar-refractivity contribution in [3.05, 3.63) is 29.3 Å². The molecule has 0 radical (unpaired) electrons. The Kier molecular flexibility index (Phi) is 2.99. The smallest absolute Gasteiger partial charge is 0.263 e. The van der Waals surface area contributed by atoms with E-state index in [1.54, 1.807) is 6.92 Å². The molecule has 0 saturated heterocycles. The maximum absolute atomic E-state index is 12.0. The van der Waals surface area contributed by atoms with Crippen LogP contribution < -0.4 is 4.72 Å². The number of sulfonamides is 1. The van der Waals surface area contributed by atoms with Crippen LogP contribution in [0, 0.1) is 6.92 Å². The molecule has 1 heterocycles. The molecule has 1 aromatic carbocycles. The molecular formula is C9H9N3O3S2. The first kappa shape index (κ1) is 11.8. The molecule has 2 N–H and O–H groups in total. The molecule has 0 atom stereocenters. The fourth-order valence-electron chi connectivity index (χ4n) is 1.32. The molecule has 2 rings (SSSR count). The van der Waals surface area contributed by atoms with E-state index in [1.165, 1.54) is 23.7 Å². The molecule has 0 aliphatic heterocycles. The van der Waals surface area contributed by atoms with Crippen molar-refractivity contribution in [2.24, 2.45) is 0 Å². The second kappa shape index (κ2) is 4.30. The summed E-state index contributed by atoms with van der Waals surface area (Å²) in [6, 6.07) is 4.05. The molecular weight excluding hydrogens is 262 g/mol. The van der Waals surface area contributed by atoms with E-state index in [1.807, 2.05) is 0 Å². The summed E-state index contributed by atoms with van der Waals surface area (Å²) in [4.78, 5) is 0.102. The Labute approximate surface area is 102 Å². The van der Waals surface area contributed by atoms with E-state index in [2.05, 4.69) is 14.9 Å². The van der Waals surface area contributed by atoms with Gasteiger partial charge in [-0.25, -0.2) is 8.42 Å². The zero-order valence-corrected chi connectivity index (χ0v) is 10.4. The Morgan fingerprint density at radius 3 is 2.76 bits per heavy atom. The number of phenolic OH excluding ortho intramolecular Hbond substituents is 1. The molecule has 90 valence electrons. The molecule has 6 nitrogen and oxygen atoms in total. The minimum atomic E-state index is -3.68. The highest BCUT2D eigenvalue weighted by Gasteiger charge is 2.18. The van der Waals surface area contributed by atoms with Crippen molar-refractivity contribution < 1.29 is 13.5 Å². The number of anilines is 1. The van der Waals surface area contributed by atoms with E-state index < -0.39 is 10.0 Å². The van der Waals surface area contributed by atoms with Crippen molar-refractivity contribution in [2.45, 2.75) is 11.8 Å². The Morgan fingerprint density at radius 2 is 2.18 bits per heavy atom. The third-order valence-corrected chi connectivity index (χ3v) is 4.26. The van der Waals surface area contributed by atoms with Crippen molar-refractivity contribution in [3.63, 3.8) is 0 Å². The summed E-state index contributed by atoms with van der Waals surface area (Å²) < 4.78 is 26.3.